The molecular formula is C61H40GeN4. The molecule has 3 heterocycles. The first-order valence-corrected chi connectivity index (χ1v) is 26.7. The van der Waals surface area contributed by atoms with Crippen LogP contribution in [0.4, 0.5) is 0 Å². The molecule has 0 radical (unpaired) electrons. The molecule has 4 nitrogen and oxygen atoms in total. The summed E-state index contributed by atoms with van der Waals surface area (Å²) in [6, 6.07) is 91.2. The van der Waals surface area contributed by atoms with Crippen LogP contribution in [0.15, 0.2) is 243 Å². The van der Waals surface area contributed by atoms with Gasteiger partial charge in [-0.3, -0.25) is 0 Å². The van der Waals surface area contributed by atoms with Crippen LogP contribution in [-0.4, -0.2) is 27.0 Å². The van der Waals surface area contributed by atoms with Crippen LogP contribution < -0.4 is 17.6 Å². The van der Waals surface area contributed by atoms with Crippen molar-refractivity contribution in [2.45, 2.75) is 0 Å². The van der Waals surface area contributed by atoms with Crippen LogP contribution in [0.1, 0.15) is 5.56 Å². The summed E-state index contributed by atoms with van der Waals surface area (Å²) in [6.45, 7) is 0. The van der Waals surface area contributed by atoms with E-state index < -0.39 is 13.3 Å². The van der Waals surface area contributed by atoms with Gasteiger partial charge in [-0.1, -0.05) is 12.1 Å². The second-order valence-corrected chi connectivity index (χ2v) is 25.1. The Kier molecular flexibility index (Phi) is 8.74. The fraction of sp³-hybridized carbons (Fsp3) is 0. The van der Waals surface area contributed by atoms with Gasteiger partial charge in [-0.2, -0.15) is 0 Å². The molecule has 66 heavy (non-hydrogen) atoms. The molecule has 0 aliphatic carbocycles. The normalized spacial score (nSPS) is 11.9. The zero-order chi connectivity index (χ0) is 43.8. The molecule has 13 aromatic rings. The predicted molar refractivity (Wildman–Crippen MR) is 278 cm³/mol. The summed E-state index contributed by atoms with van der Waals surface area (Å²) in [6.07, 6.45) is 0. The number of nitriles is 1. The van der Waals surface area contributed by atoms with Crippen molar-refractivity contribution in [1.29, 1.82) is 5.26 Å². The summed E-state index contributed by atoms with van der Waals surface area (Å²) in [5.41, 5.74) is 9.99. The van der Waals surface area contributed by atoms with Gasteiger partial charge in [-0.05, 0) is 0 Å². The molecule has 0 bridgehead atoms. The van der Waals surface area contributed by atoms with Crippen molar-refractivity contribution >= 4 is 96.3 Å². The van der Waals surface area contributed by atoms with Gasteiger partial charge in [-0.25, -0.2) is 0 Å². The van der Waals surface area contributed by atoms with Gasteiger partial charge in [0, 0.05) is 0 Å². The first kappa shape index (κ1) is 38.1. The molecule has 10 aromatic carbocycles. The third-order valence-corrected chi connectivity index (χ3v) is 23.8. The minimum absolute atomic E-state index is 0.616. The van der Waals surface area contributed by atoms with E-state index in [0.29, 0.717) is 5.56 Å². The Balaban J connectivity index is 1.19. The molecule has 0 fully saturated rings. The second-order valence-electron chi connectivity index (χ2n) is 17.1. The molecule has 308 valence electrons. The second kappa shape index (κ2) is 15.1. The molecule has 0 spiro atoms. The SMILES string of the molecule is N#Cc1c(-n2c3ccccc3c3ccccc32)c[c]([Ge]([c]2ccccc2)([c]2ccccc2)[c]2ccccc2)cc1-n1c2ccccc2c2cc(-n3c4ccccc4c4ccccc43)ccc21. The van der Waals surface area contributed by atoms with E-state index in [9.17, 15) is 5.26 Å². The number of benzene rings is 10. The number of aromatic nitrogens is 3. The van der Waals surface area contributed by atoms with Crippen LogP contribution in [-0.2, 0) is 0 Å². The Bertz CT molecular complexity index is 3860. The molecule has 0 atom stereocenters. The van der Waals surface area contributed by atoms with E-state index >= 15 is 0 Å². The van der Waals surface area contributed by atoms with Crippen LogP contribution in [0.5, 0.6) is 0 Å². The van der Waals surface area contributed by atoms with Crippen molar-refractivity contribution in [2.75, 3.05) is 0 Å². The van der Waals surface area contributed by atoms with Gasteiger partial charge in [0.05, 0.1) is 0 Å². The maximum absolute atomic E-state index is 11.8. The number of fused-ring (bicyclic) bond motifs is 9. The molecule has 13 rings (SSSR count). The zero-order valence-corrected chi connectivity index (χ0v) is 38.0. The standard InChI is InChI=1S/C61H40GeN4/c63-41-53-60(65-56-33-17-12-28-49(56)50-29-13-18-34-57(50)65)38-45(62(42-20-4-1-5-21-42,43-22-6-2-7-23-43)44-24-8-3-9-25-44)39-61(53)66-58-35-19-14-30-51(58)52-40-46(36-37-59(52)66)64-54-31-15-10-26-47(54)48-27-11-16-32-55(48)64/h1-40H. The van der Waals surface area contributed by atoms with Gasteiger partial charge in [0.15, 0.2) is 0 Å². The van der Waals surface area contributed by atoms with Gasteiger partial charge < -0.3 is 0 Å². The van der Waals surface area contributed by atoms with E-state index in [1.54, 1.807) is 0 Å². The van der Waals surface area contributed by atoms with E-state index in [1.807, 2.05) is 0 Å². The van der Waals surface area contributed by atoms with Gasteiger partial charge in [0.25, 0.3) is 0 Å². The third kappa shape index (κ3) is 5.51. The monoisotopic (exact) mass is 902 g/mol. The van der Waals surface area contributed by atoms with E-state index in [2.05, 4.69) is 262 Å². The fourth-order valence-corrected chi connectivity index (χ4v) is 21.1. The Morgan fingerprint density at radius 3 is 0.985 bits per heavy atom. The molecule has 0 aliphatic heterocycles. The number of hydrogen-bond donors (Lipinski definition) is 0. The number of para-hydroxylation sites is 5. The Morgan fingerprint density at radius 1 is 0.288 bits per heavy atom. The summed E-state index contributed by atoms with van der Waals surface area (Å²) < 4.78 is 12.3. The quantitative estimate of drug-likeness (QED) is 0.147. The Labute approximate surface area is 384 Å². The third-order valence-electron chi connectivity index (χ3n) is 13.8. The summed E-state index contributed by atoms with van der Waals surface area (Å²) in [5.74, 6) is 0. The summed E-state index contributed by atoms with van der Waals surface area (Å²) >= 11 is -3.95. The van der Waals surface area contributed by atoms with Crippen LogP contribution >= 0.6 is 0 Å². The Morgan fingerprint density at radius 2 is 0.606 bits per heavy atom. The van der Waals surface area contributed by atoms with Crippen LogP contribution in [0.2, 0.25) is 0 Å². The number of hydrogen-bond acceptors (Lipinski definition) is 1. The van der Waals surface area contributed by atoms with Crippen molar-refractivity contribution in [3.05, 3.63) is 248 Å². The molecule has 5 heteroatoms. The molecular weight excluding hydrogens is 861 g/mol. The summed E-state index contributed by atoms with van der Waals surface area (Å²) in [4.78, 5) is 0. The fourth-order valence-electron chi connectivity index (χ4n) is 11.1. The van der Waals surface area contributed by atoms with Gasteiger partial charge in [0.2, 0.25) is 0 Å². The van der Waals surface area contributed by atoms with Crippen LogP contribution in [0, 0.1) is 11.3 Å². The number of rotatable bonds is 7. The average molecular weight is 902 g/mol. The molecule has 0 saturated heterocycles. The Hall–Kier alpha value is -8.37. The van der Waals surface area contributed by atoms with Gasteiger partial charge in [0.1, 0.15) is 0 Å². The zero-order valence-electron chi connectivity index (χ0n) is 35.9. The van der Waals surface area contributed by atoms with Crippen molar-refractivity contribution in [1.82, 2.24) is 13.7 Å². The molecule has 3 aromatic heterocycles. The van der Waals surface area contributed by atoms with Crippen molar-refractivity contribution in [2.24, 2.45) is 0 Å². The first-order chi connectivity index (χ1) is 32.7. The van der Waals surface area contributed by atoms with Crippen molar-refractivity contribution < 1.29 is 0 Å². The molecule has 0 unspecified atom stereocenters. The maximum atomic E-state index is 11.8. The summed E-state index contributed by atoms with van der Waals surface area (Å²) in [5, 5.41) is 18.9. The van der Waals surface area contributed by atoms with Crippen LogP contribution in [0.25, 0.3) is 82.5 Å². The summed E-state index contributed by atoms with van der Waals surface area (Å²) in [7, 11) is 0. The van der Waals surface area contributed by atoms with Gasteiger partial charge in [-0.15, -0.1) is 0 Å². The molecule has 0 saturated carbocycles. The van der Waals surface area contributed by atoms with Crippen molar-refractivity contribution in [3.8, 4) is 23.1 Å². The van der Waals surface area contributed by atoms with E-state index in [-0.39, 0.29) is 0 Å². The molecule has 0 aliphatic rings. The van der Waals surface area contributed by atoms with Crippen LogP contribution in [0.3, 0.4) is 0 Å². The predicted octanol–water partition coefficient (Wildman–Crippen LogP) is 12.2. The minimum atomic E-state index is -3.95. The van der Waals surface area contributed by atoms with Crippen molar-refractivity contribution in [3.63, 3.8) is 0 Å². The first-order valence-electron chi connectivity index (χ1n) is 22.5. The van der Waals surface area contributed by atoms with Gasteiger partial charge >= 0.3 is 374 Å². The van der Waals surface area contributed by atoms with E-state index in [0.717, 1.165) is 60.7 Å². The molecule has 0 N–H and O–H groups in total. The average Bonchev–Trinajstić information content (AvgIpc) is 4.03. The number of nitrogens with zero attached hydrogens (tertiary/aromatic N) is 4. The topological polar surface area (TPSA) is 38.6 Å². The van der Waals surface area contributed by atoms with E-state index in [4.69, 9.17) is 0 Å². The van der Waals surface area contributed by atoms with E-state index in [1.165, 1.54) is 39.4 Å². The molecule has 0 amide bonds.